The van der Waals surface area contributed by atoms with Crippen LogP contribution in [0.1, 0.15) is 5.56 Å². The molecule has 3 aromatic carbocycles. The Labute approximate surface area is 188 Å². The first-order chi connectivity index (χ1) is 15.6. The maximum atomic E-state index is 13.5. The first-order valence-electron chi connectivity index (χ1n) is 10.2. The van der Waals surface area contributed by atoms with E-state index in [-0.39, 0.29) is 17.2 Å². The maximum absolute atomic E-state index is 13.5. The number of para-hydroxylation sites is 2. The summed E-state index contributed by atoms with van der Waals surface area (Å²) in [5.74, 6) is -0.0344. The van der Waals surface area contributed by atoms with E-state index >= 15 is 0 Å². The molecule has 0 aliphatic rings. The fourth-order valence-electron chi connectivity index (χ4n) is 3.61. The van der Waals surface area contributed by atoms with E-state index in [1.54, 1.807) is 4.57 Å². The average Bonchev–Trinajstić information content (AvgIpc) is 3.19. The zero-order valence-electron chi connectivity index (χ0n) is 17.3. The van der Waals surface area contributed by atoms with Gasteiger partial charge in [0.15, 0.2) is 5.16 Å². The van der Waals surface area contributed by atoms with E-state index in [9.17, 15) is 9.59 Å². The van der Waals surface area contributed by atoms with E-state index in [1.165, 1.54) is 11.8 Å². The van der Waals surface area contributed by atoms with Gasteiger partial charge in [-0.3, -0.25) is 14.2 Å². The Morgan fingerprint density at radius 2 is 1.72 bits per heavy atom. The van der Waals surface area contributed by atoms with Crippen LogP contribution in [0.5, 0.6) is 0 Å². The number of H-pyrrole nitrogens is 1. The highest BCUT2D eigenvalue weighted by molar-refractivity contribution is 7.99. The van der Waals surface area contributed by atoms with Gasteiger partial charge in [-0.05, 0) is 37.3 Å². The molecule has 2 aromatic heterocycles. The van der Waals surface area contributed by atoms with Crippen LogP contribution >= 0.6 is 11.8 Å². The molecule has 5 aromatic rings. The van der Waals surface area contributed by atoms with E-state index in [4.69, 9.17) is 4.98 Å². The second kappa shape index (κ2) is 8.36. The molecular weight excluding hydrogens is 420 g/mol. The zero-order chi connectivity index (χ0) is 22.1. The molecule has 0 saturated heterocycles. The Balaban J connectivity index is 1.54. The van der Waals surface area contributed by atoms with Crippen molar-refractivity contribution in [2.24, 2.45) is 0 Å². The van der Waals surface area contributed by atoms with Gasteiger partial charge in [-0.15, -0.1) is 0 Å². The van der Waals surface area contributed by atoms with Gasteiger partial charge in [0.25, 0.3) is 5.56 Å². The van der Waals surface area contributed by atoms with Crippen molar-refractivity contribution in [3.8, 4) is 5.69 Å². The molecule has 1 amide bonds. The number of anilines is 1. The predicted octanol–water partition coefficient (Wildman–Crippen LogP) is 4.91. The molecule has 2 N–H and O–H groups in total. The molecule has 32 heavy (non-hydrogen) atoms. The van der Waals surface area contributed by atoms with Crippen molar-refractivity contribution in [2.45, 2.75) is 12.1 Å². The third-order valence-electron chi connectivity index (χ3n) is 5.18. The van der Waals surface area contributed by atoms with Crippen LogP contribution in [-0.4, -0.2) is 26.2 Å². The summed E-state index contributed by atoms with van der Waals surface area (Å²) < 4.78 is 1.56. The molecule has 0 aliphatic carbocycles. The van der Waals surface area contributed by atoms with Gasteiger partial charge in [0, 0.05) is 16.6 Å². The fraction of sp³-hybridized carbons (Fsp3) is 0.0800. The van der Waals surface area contributed by atoms with Crippen LogP contribution in [0.25, 0.3) is 27.6 Å². The molecule has 158 valence electrons. The number of aromatic amines is 1. The summed E-state index contributed by atoms with van der Waals surface area (Å²) in [6.45, 7) is 2.00. The Bertz CT molecular complexity index is 1490. The van der Waals surface area contributed by atoms with Crippen LogP contribution in [0.15, 0.2) is 88.8 Å². The number of aromatic nitrogens is 3. The summed E-state index contributed by atoms with van der Waals surface area (Å²) in [5, 5.41) is 4.24. The van der Waals surface area contributed by atoms with Gasteiger partial charge in [-0.1, -0.05) is 65.9 Å². The molecule has 5 rings (SSSR count). The lowest BCUT2D eigenvalue weighted by Crippen LogP contribution is -2.23. The van der Waals surface area contributed by atoms with Crippen LogP contribution in [0.3, 0.4) is 0 Å². The molecule has 0 bridgehead atoms. The van der Waals surface area contributed by atoms with E-state index in [0.717, 1.165) is 22.2 Å². The van der Waals surface area contributed by atoms with Gasteiger partial charge in [0.05, 0.1) is 11.4 Å². The predicted molar refractivity (Wildman–Crippen MR) is 130 cm³/mol. The fourth-order valence-corrected chi connectivity index (χ4v) is 4.41. The van der Waals surface area contributed by atoms with Crippen molar-refractivity contribution in [3.05, 3.63) is 94.8 Å². The lowest BCUT2D eigenvalue weighted by molar-refractivity contribution is -0.113. The van der Waals surface area contributed by atoms with Crippen molar-refractivity contribution in [3.63, 3.8) is 0 Å². The van der Waals surface area contributed by atoms with Gasteiger partial charge in [-0.25, -0.2) is 4.98 Å². The summed E-state index contributed by atoms with van der Waals surface area (Å²) in [5.41, 5.74) is 4.28. The Kier molecular flexibility index (Phi) is 5.25. The van der Waals surface area contributed by atoms with Gasteiger partial charge in [0.1, 0.15) is 11.0 Å². The quantitative estimate of drug-likeness (QED) is 0.301. The topological polar surface area (TPSA) is 79.8 Å². The lowest BCUT2D eigenvalue weighted by atomic mass is 10.2. The van der Waals surface area contributed by atoms with Crippen molar-refractivity contribution in [2.75, 3.05) is 11.1 Å². The highest BCUT2D eigenvalue weighted by Crippen LogP contribution is 2.26. The molecule has 2 heterocycles. The minimum atomic E-state index is -0.196. The normalized spacial score (nSPS) is 11.2. The standard InChI is InChI=1S/C25H20N4O2S/c1-16-11-13-17(14-12-16)26-21(30)15-32-25-28-22-19-9-5-6-10-20(19)27-23(22)24(31)29(25)18-7-3-2-4-8-18/h2-14,27H,15H2,1H3,(H,26,30). The minimum Gasteiger partial charge on any atom is -0.349 e. The van der Waals surface area contributed by atoms with Gasteiger partial charge < -0.3 is 10.3 Å². The van der Waals surface area contributed by atoms with Crippen LogP contribution < -0.4 is 10.9 Å². The number of carbonyl (C=O) groups is 1. The van der Waals surface area contributed by atoms with E-state index < -0.39 is 0 Å². The summed E-state index contributed by atoms with van der Waals surface area (Å²) >= 11 is 1.24. The molecule has 6 nitrogen and oxygen atoms in total. The first-order valence-corrected chi connectivity index (χ1v) is 11.2. The molecule has 0 unspecified atom stereocenters. The molecule has 0 spiro atoms. The average molecular weight is 441 g/mol. The third-order valence-corrected chi connectivity index (χ3v) is 6.12. The largest absolute Gasteiger partial charge is 0.349 e. The number of hydrogen-bond acceptors (Lipinski definition) is 4. The van der Waals surface area contributed by atoms with Gasteiger partial charge >= 0.3 is 0 Å². The number of fused-ring (bicyclic) bond motifs is 3. The number of rotatable bonds is 5. The number of carbonyl (C=O) groups excluding carboxylic acids is 1. The van der Waals surface area contributed by atoms with E-state index in [1.807, 2.05) is 85.8 Å². The minimum absolute atomic E-state index is 0.126. The van der Waals surface area contributed by atoms with E-state index in [0.29, 0.717) is 21.9 Å². The number of thioether (sulfide) groups is 1. The van der Waals surface area contributed by atoms with Crippen LogP contribution in [0, 0.1) is 6.92 Å². The van der Waals surface area contributed by atoms with E-state index in [2.05, 4.69) is 10.3 Å². The summed E-state index contributed by atoms with van der Waals surface area (Å²) in [4.78, 5) is 34.0. The number of benzene rings is 3. The highest BCUT2D eigenvalue weighted by Gasteiger charge is 2.18. The van der Waals surface area contributed by atoms with Gasteiger partial charge in [-0.2, -0.15) is 0 Å². The second-order valence-corrected chi connectivity index (χ2v) is 8.41. The maximum Gasteiger partial charge on any atom is 0.283 e. The van der Waals surface area contributed by atoms with Gasteiger partial charge in [0.2, 0.25) is 5.91 Å². The summed E-state index contributed by atoms with van der Waals surface area (Å²) in [7, 11) is 0. The number of nitrogens with one attached hydrogen (secondary N) is 2. The monoisotopic (exact) mass is 440 g/mol. The molecule has 0 radical (unpaired) electrons. The Hall–Kier alpha value is -3.84. The lowest BCUT2D eigenvalue weighted by Gasteiger charge is -2.12. The first kappa shape index (κ1) is 20.1. The molecular formula is C25H20N4O2S. The molecule has 0 fully saturated rings. The number of amides is 1. The van der Waals surface area contributed by atoms with Crippen LogP contribution in [0.4, 0.5) is 5.69 Å². The third kappa shape index (κ3) is 3.78. The van der Waals surface area contributed by atoms with Crippen LogP contribution in [0.2, 0.25) is 0 Å². The smallest absolute Gasteiger partial charge is 0.283 e. The Morgan fingerprint density at radius 3 is 2.50 bits per heavy atom. The number of hydrogen-bond donors (Lipinski definition) is 2. The van der Waals surface area contributed by atoms with Crippen molar-refractivity contribution in [1.82, 2.24) is 14.5 Å². The Morgan fingerprint density at radius 1 is 1.00 bits per heavy atom. The van der Waals surface area contributed by atoms with Crippen molar-refractivity contribution < 1.29 is 4.79 Å². The SMILES string of the molecule is Cc1ccc(NC(=O)CSc2nc3c([nH]c4ccccc43)c(=O)n2-c2ccccc2)cc1. The summed E-state index contributed by atoms with van der Waals surface area (Å²) in [6.07, 6.45) is 0. The van der Waals surface area contributed by atoms with Crippen molar-refractivity contribution >= 4 is 45.3 Å². The number of nitrogens with zero attached hydrogens (tertiary/aromatic N) is 2. The van der Waals surface area contributed by atoms with Crippen LogP contribution in [-0.2, 0) is 4.79 Å². The van der Waals surface area contributed by atoms with Crippen molar-refractivity contribution in [1.29, 1.82) is 0 Å². The number of aryl methyl sites for hydroxylation is 1. The highest BCUT2D eigenvalue weighted by atomic mass is 32.2. The molecule has 0 aliphatic heterocycles. The molecule has 0 atom stereocenters. The molecule has 7 heteroatoms. The second-order valence-electron chi connectivity index (χ2n) is 7.47. The molecule has 0 saturated carbocycles. The summed E-state index contributed by atoms with van der Waals surface area (Å²) in [6, 6.07) is 24.7. The zero-order valence-corrected chi connectivity index (χ0v) is 18.1.